The van der Waals surface area contributed by atoms with Gasteiger partial charge < -0.3 is 14.2 Å². The minimum atomic E-state index is -0.253. The smallest absolute Gasteiger partial charge is 0.306 e. The molecule has 2 aromatic rings. The van der Waals surface area contributed by atoms with Crippen molar-refractivity contribution in [3.8, 4) is 11.8 Å². The number of halogens is 1. The summed E-state index contributed by atoms with van der Waals surface area (Å²) in [6.07, 6.45) is 9.49. The lowest BCUT2D eigenvalue weighted by Crippen LogP contribution is -2.20. The highest BCUT2D eigenvalue weighted by molar-refractivity contribution is 5.70. The number of hydrogen-bond acceptors (Lipinski definition) is 6. The third kappa shape index (κ3) is 6.21. The fourth-order valence-electron chi connectivity index (χ4n) is 4.87. The Hall–Kier alpha value is -2.70. The van der Waals surface area contributed by atoms with Gasteiger partial charge in [0.05, 0.1) is 32.9 Å². The van der Waals surface area contributed by atoms with Crippen molar-refractivity contribution in [2.45, 2.75) is 63.7 Å². The molecule has 6 nitrogen and oxygen atoms in total. The van der Waals surface area contributed by atoms with E-state index in [1.807, 2.05) is 19.1 Å². The molecule has 0 N–H and O–H groups in total. The summed E-state index contributed by atoms with van der Waals surface area (Å²) >= 11 is 0. The Morgan fingerprint density at radius 1 is 1.09 bits per heavy atom. The average molecular weight is 457 g/mol. The van der Waals surface area contributed by atoms with Crippen LogP contribution < -0.4 is 9.47 Å². The molecule has 2 heterocycles. The zero-order chi connectivity index (χ0) is 23.2. The van der Waals surface area contributed by atoms with Crippen LogP contribution in [0.1, 0.15) is 74.8 Å². The number of ether oxygens (including phenoxy) is 3. The first-order valence-corrected chi connectivity index (χ1v) is 12.0. The lowest BCUT2D eigenvalue weighted by Gasteiger charge is -2.29. The van der Waals surface area contributed by atoms with Gasteiger partial charge in [-0.15, -0.1) is 0 Å². The normalized spacial score (nSPS) is 21.3. The molecule has 178 valence electrons. The van der Waals surface area contributed by atoms with Crippen LogP contribution in [-0.4, -0.2) is 36.3 Å². The standard InChI is InChI=1S/C26H33FN2O4/c1-3-32-25-13-22(23(27)15-29-25)19-6-4-17(5-7-19)16-33-24-12-20(10-11-28-24)21(18-8-9-18)14-26(30)31-2/h10-13,15,17-19,21H,3-9,14,16H2,1-2H3. The van der Waals surface area contributed by atoms with Gasteiger partial charge in [0.15, 0.2) is 0 Å². The van der Waals surface area contributed by atoms with E-state index in [2.05, 4.69) is 9.97 Å². The maximum atomic E-state index is 14.3. The monoisotopic (exact) mass is 456 g/mol. The van der Waals surface area contributed by atoms with Crippen LogP contribution in [0.2, 0.25) is 0 Å². The van der Waals surface area contributed by atoms with Gasteiger partial charge in [0.1, 0.15) is 5.82 Å². The van der Waals surface area contributed by atoms with E-state index in [9.17, 15) is 9.18 Å². The number of carbonyl (C=O) groups excluding carboxylic acids is 1. The summed E-state index contributed by atoms with van der Waals surface area (Å²) in [4.78, 5) is 20.2. The second-order valence-electron chi connectivity index (χ2n) is 9.16. The minimum absolute atomic E-state index is 0.162. The predicted octanol–water partition coefficient (Wildman–Crippen LogP) is 5.42. The van der Waals surface area contributed by atoms with Crippen LogP contribution in [0.25, 0.3) is 0 Å². The predicted molar refractivity (Wildman–Crippen MR) is 122 cm³/mol. The van der Waals surface area contributed by atoms with E-state index in [1.54, 1.807) is 12.3 Å². The van der Waals surface area contributed by atoms with Gasteiger partial charge in [-0.25, -0.2) is 14.4 Å². The third-order valence-corrected chi connectivity index (χ3v) is 6.90. The number of esters is 1. The zero-order valence-corrected chi connectivity index (χ0v) is 19.5. The van der Waals surface area contributed by atoms with Crippen LogP contribution in [0.4, 0.5) is 4.39 Å². The first kappa shape index (κ1) is 23.5. The molecule has 7 heteroatoms. The zero-order valence-electron chi connectivity index (χ0n) is 19.5. The van der Waals surface area contributed by atoms with E-state index in [-0.39, 0.29) is 23.6 Å². The van der Waals surface area contributed by atoms with Crippen LogP contribution >= 0.6 is 0 Å². The molecule has 2 aromatic heterocycles. The Kier molecular flexibility index (Phi) is 7.78. The molecule has 2 aliphatic rings. The van der Waals surface area contributed by atoms with Crippen molar-refractivity contribution in [1.82, 2.24) is 9.97 Å². The Balaban J connectivity index is 1.31. The van der Waals surface area contributed by atoms with Crippen LogP contribution in [-0.2, 0) is 9.53 Å². The molecule has 2 fully saturated rings. The van der Waals surface area contributed by atoms with E-state index in [1.165, 1.54) is 13.3 Å². The van der Waals surface area contributed by atoms with E-state index in [0.717, 1.165) is 44.1 Å². The highest BCUT2D eigenvalue weighted by Crippen LogP contribution is 2.45. The molecule has 0 saturated heterocycles. The number of rotatable bonds is 10. The number of nitrogens with zero attached hydrogens (tertiary/aromatic N) is 2. The molecular weight excluding hydrogens is 423 g/mol. The van der Waals surface area contributed by atoms with Gasteiger partial charge >= 0.3 is 5.97 Å². The van der Waals surface area contributed by atoms with Gasteiger partial charge in [0, 0.05) is 18.3 Å². The van der Waals surface area contributed by atoms with Crippen LogP contribution in [0, 0.1) is 17.7 Å². The summed E-state index contributed by atoms with van der Waals surface area (Å²) < 4.78 is 30.7. The molecule has 0 aromatic carbocycles. The summed E-state index contributed by atoms with van der Waals surface area (Å²) in [5.41, 5.74) is 1.80. The first-order valence-electron chi connectivity index (χ1n) is 12.0. The topological polar surface area (TPSA) is 70.5 Å². The quantitative estimate of drug-likeness (QED) is 0.445. The maximum absolute atomic E-state index is 14.3. The van der Waals surface area contributed by atoms with Gasteiger partial charge in [0.2, 0.25) is 11.8 Å². The minimum Gasteiger partial charge on any atom is -0.478 e. The Labute approximate surface area is 194 Å². The summed E-state index contributed by atoms with van der Waals surface area (Å²) in [6.45, 7) is 3.00. The van der Waals surface area contributed by atoms with Gasteiger partial charge in [-0.05, 0) is 86.3 Å². The van der Waals surface area contributed by atoms with Crippen LogP contribution in [0.15, 0.2) is 30.6 Å². The number of pyridine rings is 2. The molecule has 33 heavy (non-hydrogen) atoms. The van der Waals surface area contributed by atoms with E-state index in [4.69, 9.17) is 14.2 Å². The second kappa shape index (κ2) is 10.9. The lowest BCUT2D eigenvalue weighted by atomic mass is 9.79. The molecular formula is C26H33FN2O4. The molecule has 0 radical (unpaired) electrons. The highest BCUT2D eigenvalue weighted by Gasteiger charge is 2.34. The van der Waals surface area contributed by atoms with Gasteiger partial charge in [-0.1, -0.05) is 0 Å². The summed E-state index contributed by atoms with van der Waals surface area (Å²) in [6, 6.07) is 5.70. The molecule has 2 aliphatic carbocycles. The molecule has 0 spiro atoms. The lowest BCUT2D eigenvalue weighted by molar-refractivity contribution is -0.141. The summed E-state index contributed by atoms with van der Waals surface area (Å²) in [7, 11) is 1.43. The van der Waals surface area contributed by atoms with Gasteiger partial charge in [-0.3, -0.25) is 4.79 Å². The summed E-state index contributed by atoms with van der Waals surface area (Å²) in [5.74, 6) is 1.95. The van der Waals surface area contributed by atoms with Crippen LogP contribution in [0.3, 0.4) is 0 Å². The second-order valence-corrected chi connectivity index (χ2v) is 9.16. The van der Waals surface area contributed by atoms with Crippen molar-refractivity contribution in [1.29, 1.82) is 0 Å². The molecule has 0 aliphatic heterocycles. The Morgan fingerprint density at radius 2 is 1.85 bits per heavy atom. The Morgan fingerprint density at radius 3 is 2.55 bits per heavy atom. The maximum Gasteiger partial charge on any atom is 0.306 e. The third-order valence-electron chi connectivity index (χ3n) is 6.90. The molecule has 1 atom stereocenters. The number of hydrogen-bond donors (Lipinski definition) is 0. The van der Waals surface area contributed by atoms with Crippen molar-refractivity contribution < 1.29 is 23.4 Å². The first-order chi connectivity index (χ1) is 16.1. The largest absolute Gasteiger partial charge is 0.478 e. The number of carbonyl (C=O) groups is 1. The Bertz CT molecular complexity index is 942. The summed E-state index contributed by atoms with van der Waals surface area (Å²) in [5, 5.41) is 0. The van der Waals surface area contributed by atoms with E-state index < -0.39 is 0 Å². The van der Waals surface area contributed by atoms with Crippen molar-refractivity contribution >= 4 is 5.97 Å². The molecule has 1 unspecified atom stereocenters. The molecule has 0 amide bonds. The molecule has 4 rings (SSSR count). The fraction of sp³-hybridized carbons (Fsp3) is 0.577. The van der Waals surface area contributed by atoms with Gasteiger partial charge in [-0.2, -0.15) is 0 Å². The van der Waals surface area contributed by atoms with Crippen molar-refractivity contribution in [3.63, 3.8) is 0 Å². The fourth-order valence-corrected chi connectivity index (χ4v) is 4.87. The van der Waals surface area contributed by atoms with E-state index in [0.29, 0.717) is 48.8 Å². The number of aromatic nitrogens is 2. The van der Waals surface area contributed by atoms with Crippen LogP contribution in [0.5, 0.6) is 11.8 Å². The average Bonchev–Trinajstić information content (AvgIpc) is 3.68. The van der Waals surface area contributed by atoms with Gasteiger partial charge in [0.25, 0.3) is 0 Å². The van der Waals surface area contributed by atoms with Crippen molar-refractivity contribution in [2.24, 2.45) is 11.8 Å². The molecule has 0 bridgehead atoms. The van der Waals surface area contributed by atoms with Crippen molar-refractivity contribution in [2.75, 3.05) is 20.3 Å². The van der Waals surface area contributed by atoms with E-state index >= 15 is 0 Å². The number of methoxy groups -OCH3 is 1. The molecule has 2 saturated carbocycles. The highest BCUT2D eigenvalue weighted by atomic mass is 19.1. The van der Waals surface area contributed by atoms with Crippen molar-refractivity contribution in [3.05, 3.63) is 47.5 Å². The SMILES string of the molecule is CCOc1cc(C2CCC(COc3cc(C(CC(=O)OC)C4CC4)ccn3)CC2)c(F)cn1.